The topological polar surface area (TPSA) is 63.4 Å². The van der Waals surface area contributed by atoms with Gasteiger partial charge in [0.15, 0.2) is 0 Å². The van der Waals surface area contributed by atoms with Crippen molar-refractivity contribution in [1.29, 1.82) is 0 Å². The fourth-order valence-electron chi connectivity index (χ4n) is 1.59. The molecule has 0 atom stereocenters. The van der Waals surface area contributed by atoms with Gasteiger partial charge in [0.2, 0.25) is 10.0 Å². The van der Waals surface area contributed by atoms with Crippen LogP contribution in [0.4, 0.5) is 0 Å². The Morgan fingerprint density at radius 1 is 1.23 bits per heavy atom. The SMILES string of the molecule is NCC1CN(S(=O)(=O)CC2CC2)C1. The van der Waals surface area contributed by atoms with Gasteiger partial charge in [-0.3, -0.25) is 0 Å². The Kier molecular flexibility index (Phi) is 2.33. The van der Waals surface area contributed by atoms with E-state index in [2.05, 4.69) is 0 Å². The summed E-state index contributed by atoms with van der Waals surface area (Å²) in [5, 5.41) is 0. The van der Waals surface area contributed by atoms with Crippen molar-refractivity contribution in [3.63, 3.8) is 0 Å². The molecule has 0 aromatic rings. The van der Waals surface area contributed by atoms with Crippen LogP contribution >= 0.6 is 0 Å². The molecule has 1 saturated carbocycles. The molecule has 4 nitrogen and oxygen atoms in total. The molecule has 2 aliphatic rings. The summed E-state index contributed by atoms with van der Waals surface area (Å²) in [5.74, 6) is 1.21. The highest BCUT2D eigenvalue weighted by Gasteiger charge is 2.38. The van der Waals surface area contributed by atoms with Crippen LogP contribution in [0.2, 0.25) is 0 Å². The third kappa shape index (κ3) is 2.03. The number of sulfonamides is 1. The molecule has 0 bridgehead atoms. The molecular weight excluding hydrogens is 188 g/mol. The fraction of sp³-hybridized carbons (Fsp3) is 1.00. The van der Waals surface area contributed by atoms with Crippen molar-refractivity contribution in [1.82, 2.24) is 4.31 Å². The number of hydrogen-bond acceptors (Lipinski definition) is 3. The van der Waals surface area contributed by atoms with E-state index in [0.29, 0.717) is 37.2 Å². The van der Waals surface area contributed by atoms with E-state index in [1.165, 1.54) is 0 Å². The molecule has 13 heavy (non-hydrogen) atoms. The van der Waals surface area contributed by atoms with E-state index in [1.54, 1.807) is 4.31 Å². The lowest BCUT2D eigenvalue weighted by Crippen LogP contribution is -2.53. The molecule has 0 unspecified atom stereocenters. The molecular formula is C8H16N2O2S. The largest absolute Gasteiger partial charge is 0.330 e. The highest BCUT2D eigenvalue weighted by molar-refractivity contribution is 7.89. The van der Waals surface area contributed by atoms with Crippen molar-refractivity contribution in [3.05, 3.63) is 0 Å². The highest BCUT2D eigenvalue weighted by Crippen LogP contribution is 2.32. The summed E-state index contributed by atoms with van der Waals surface area (Å²) in [4.78, 5) is 0. The molecule has 5 heteroatoms. The molecule has 1 aliphatic heterocycles. The Hall–Kier alpha value is -0.130. The van der Waals surface area contributed by atoms with Gasteiger partial charge < -0.3 is 5.73 Å². The first-order valence-corrected chi connectivity index (χ1v) is 6.40. The van der Waals surface area contributed by atoms with E-state index in [4.69, 9.17) is 5.73 Å². The summed E-state index contributed by atoms with van der Waals surface area (Å²) in [6.45, 7) is 1.90. The molecule has 1 saturated heterocycles. The predicted octanol–water partition coefficient (Wildman–Crippen LogP) is -0.383. The van der Waals surface area contributed by atoms with Gasteiger partial charge in [0.25, 0.3) is 0 Å². The molecule has 2 rings (SSSR count). The van der Waals surface area contributed by atoms with Gasteiger partial charge >= 0.3 is 0 Å². The Morgan fingerprint density at radius 2 is 1.85 bits per heavy atom. The highest BCUT2D eigenvalue weighted by atomic mass is 32.2. The third-order valence-corrected chi connectivity index (χ3v) is 4.77. The lowest BCUT2D eigenvalue weighted by atomic mass is 10.0. The van der Waals surface area contributed by atoms with Gasteiger partial charge in [-0.05, 0) is 31.2 Å². The summed E-state index contributed by atoms with van der Waals surface area (Å²) < 4.78 is 24.8. The number of nitrogens with zero attached hydrogens (tertiary/aromatic N) is 1. The second kappa shape index (κ2) is 3.22. The van der Waals surface area contributed by atoms with E-state index < -0.39 is 10.0 Å². The summed E-state index contributed by atoms with van der Waals surface area (Å²) in [6.07, 6.45) is 2.18. The van der Waals surface area contributed by atoms with Crippen molar-refractivity contribution >= 4 is 10.0 Å². The number of hydrogen-bond donors (Lipinski definition) is 1. The average molecular weight is 204 g/mol. The van der Waals surface area contributed by atoms with E-state index in [9.17, 15) is 8.42 Å². The maximum atomic E-state index is 11.6. The van der Waals surface area contributed by atoms with Crippen LogP contribution in [-0.4, -0.2) is 38.1 Å². The van der Waals surface area contributed by atoms with Crippen molar-refractivity contribution in [3.8, 4) is 0 Å². The van der Waals surface area contributed by atoms with Gasteiger partial charge in [-0.15, -0.1) is 0 Å². The molecule has 76 valence electrons. The quantitative estimate of drug-likeness (QED) is 0.679. The number of nitrogens with two attached hydrogens (primary N) is 1. The lowest BCUT2D eigenvalue weighted by molar-refractivity contribution is 0.207. The fourth-order valence-corrected chi connectivity index (χ4v) is 3.60. The normalized spacial score (nSPS) is 25.9. The Labute approximate surface area is 79.1 Å². The van der Waals surface area contributed by atoms with E-state index >= 15 is 0 Å². The molecule has 0 radical (unpaired) electrons. The second-order valence-corrected chi connectivity index (χ2v) is 6.15. The van der Waals surface area contributed by atoms with Crippen LogP contribution < -0.4 is 5.73 Å². The zero-order chi connectivity index (χ0) is 9.47. The minimum atomic E-state index is -2.93. The predicted molar refractivity (Wildman–Crippen MR) is 50.6 cm³/mol. The minimum Gasteiger partial charge on any atom is -0.330 e. The van der Waals surface area contributed by atoms with Crippen LogP contribution in [0.5, 0.6) is 0 Å². The van der Waals surface area contributed by atoms with Gasteiger partial charge in [0, 0.05) is 13.1 Å². The van der Waals surface area contributed by atoms with Crippen LogP contribution in [-0.2, 0) is 10.0 Å². The standard InChI is InChI=1S/C8H16N2O2S/c9-3-8-4-10(5-8)13(11,12)6-7-1-2-7/h7-8H,1-6,9H2. The second-order valence-electron chi connectivity index (χ2n) is 4.14. The van der Waals surface area contributed by atoms with E-state index in [-0.39, 0.29) is 0 Å². The molecule has 1 heterocycles. The Balaban J connectivity index is 1.85. The molecule has 2 fully saturated rings. The van der Waals surface area contributed by atoms with Gasteiger partial charge in [0.05, 0.1) is 5.75 Å². The maximum Gasteiger partial charge on any atom is 0.214 e. The van der Waals surface area contributed by atoms with Gasteiger partial charge in [0.1, 0.15) is 0 Å². The van der Waals surface area contributed by atoms with Crippen molar-refractivity contribution in [2.45, 2.75) is 12.8 Å². The first-order chi connectivity index (χ1) is 6.12. The summed E-state index contributed by atoms with van der Waals surface area (Å²) in [6, 6.07) is 0. The van der Waals surface area contributed by atoms with Crippen molar-refractivity contribution in [2.75, 3.05) is 25.4 Å². The Bertz CT molecular complexity index is 279. The minimum absolute atomic E-state index is 0.365. The van der Waals surface area contributed by atoms with Crippen molar-refractivity contribution in [2.24, 2.45) is 17.6 Å². The molecule has 0 spiro atoms. The lowest BCUT2D eigenvalue weighted by Gasteiger charge is -2.37. The van der Waals surface area contributed by atoms with Crippen LogP contribution in [0, 0.1) is 11.8 Å². The molecule has 0 amide bonds. The molecule has 2 N–H and O–H groups in total. The average Bonchev–Trinajstić information content (AvgIpc) is 2.67. The molecule has 0 aromatic carbocycles. The van der Waals surface area contributed by atoms with Crippen LogP contribution in [0.3, 0.4) is 0 Å². The summed E-state index contributed by atoms with van der Waals surface area (Å²) in [5.41, 5.74) is 5.43. The zero-order valence-corrected chi connectivity index (χ0v) is 8.46. The monoisotopic (exact) mass is 204 g/mol. The summed E-state index contributed by atoms with van der Waals surface area (Å²) in [7, 11) is -2.93. The van der Waals surface area contributed by atoms with E-state index in [0.717, 1.165) is 12.8 Å². The van der Waals surface area contributed by atoms with Gasteiger partial charge in [-0.2, -0.15) is 0 Å². The van der Waals surface area contributed by atoms with Crippen molar-refractivity contribution < 1.29 is 8.42 Å². The van der Waals surface area contributed by atoms with Gasteiger partial charge in [-0.25, -0.2) is 12.7 Å². The maximum absolute atomic E-state index is 11.6. The zero-order valence-electron chi connectivity index (χ0n) is 7.65. The van der Waals surface area contributed by atoms with Crippen LogP contribution in [0.1, 0.15) is 12.8 Å². The molecule has 1 aliphatic carbocycles. The first-order valence-electron chi connectivity index (χ1n) is 4.79. The van der Waals surface area contributed by atoms with Crippen LogP contribution in [0.25, 0.3) is 0 Å². The third-order valence-electron chi connectivity index (χ3n) is 2.79. The number of rotatable bonds is 4. The van der Waals surface area contributed by atoms with Crippen LogP contribution in [0.15, 0.2) is 0 Å². The Morgan fingerprint density at radius 3 is 2.31 bits per heavy atom. The van der Waals surface area contributed by atoms with Gasteiger partial charge in [-0.1, -0.05) is 0 Å². The smallest absolute Gasteiger partial charge is 0.214 e. The van der Waals surface area contributed by atoms with E-state index in [1.807, 2.05) is 0 Å². The first kappa shape index (κ1) is 9.43. The molecule has 0 aromatic heterocycles. The summed E-state index contributed by atoms with van der Waals surface area (Å²) >= 11 is 0.